The molecule has 1 aromatic rings. The van der Waals surface area contributed by atoms with Crippen molar-refractivity contribution in [2.45, 2.75) is 64.3 Å². The van der Waals surface area contributed by atoms with Crippen LogP contribution in [0.25, 0.3) is 0 Å². The van der Waals surface area contributed by atoms with Crippen LogP contribution in [-0.2, 0) is 5.41 Å². The van der Waals surface area contributed by atoms with Gasteiger partial charge < -0.3 is 5.32 Å². The third-order valence-corrected chi connectivity index (χ3v) is 5.66. The van der Waals surface area contributed by atoms with E-state index in [1.807, 2.05) is 11.3 Å². The Hall–Kier alpha value is -0.340. The van der Waals surface area contributed by atoms with Gasteiger partial charge in [0.05, 0.1) is 0 Å². The molecule has 0 spiro atoms. The largest absolute Gasteiger partial charge is 0.313 e. The Labute approximate surface area is 116 Å². The monoisotopic (exact) mass is 265 g/mol. The van der Waals surface area contributed by atoms with Crippen LogP contribution in [0.5, 0.6) is 0 Å². The van der Waals surface area contributed by atoms with E-state index in [0.29, 0.717) is 0 Å². The summed E-state index contributed by atoms with van der Waals surface area (Å²) in [5, 5.41) is 6.04. The third kappa shape index (κ3) is 3.36. The third-order valence-electron chi connectivity index (χ3n) is 4.43. The van der Waals surface area contributed by atoms with E-state index in [2.05, 4.69) is 43.6 Å². The molecular weight excluding hydrogens is 238 g/mol. The molecule has 2 atom stereocenters. The molecule has 2 unspecified atom stereocenters. The van der Waals surface area contributed by atoms with Gasteiger partial charge in [0, 0.05) is 22.9 Å². The van der Waals surface area contributed by atoms with Crippen molar-refractivity contribution in [3.8, 4) is 0 Å². The van der Waals surface area contributed by atoms with E-state index in [0.717, 1.165) is 18.5 Å². The zero-order chi connectivity index (χ0) is 13.0. The van der Waals surface area contributed by atoms with Crippen molar-refractivity contribution in [2.24, 2.45) is 5.92 Å². The molecule has 0 aliphatic heterocycles. The summed E-state index contributed by atoms with van der Waals surface area (Å²) in [4.78, 5) is 1.50. The summed E-state index contributed by atoms with van der Waals surface area (Å²) in [5.74, 6) is 0.901. The fourth-order valence-electron chi connectivity index (χ4n) is 3.10. The molecule has 0 saturated heterocycles. The lowest BCUT2D eigenvalue weighted by Gasteiger charge is -2.34. The molecule has 0 aromatic carbocycles. The van der Waals surface area contributed by atoms with Gasteiger partial charge in [-0.25, -0.2) is 0 Å². The summed E-state index contributed by atoms with van der Waals surface area (Å²) >= 11 is 1.88. The van der Waals surface area contributed by atoms with Gasteiger partial charge in [0.15, 0.2) is 0 Å². The highest BCUT2D eigenvalue weighted by molar-refractivity contribution is 7.10. The van der Waals surface area contributed by atoms with Gasteiger partial charge >= 0.3 is 0 Å². The van der Waals surface area contributed by atoms with Crippen molar-refractivity contribution in [2.75, 3.05) is 6.54 Å². The maximum absolute atomic E-state index is 3.86. The lowest BCUT2D eigenvalue weighted by atomic mass is 9.82. The first kappa shape index (κ1) is 14.1. The zero-order valence-electron chi connectivity index (χ0n) is 12.0. The fraction of sp³-hybridized carbons (Fsp3) is 0.750. The van der Waals surface area contributed by atoms with Gasteiger partial charge in [-0.3, -0.25) is 0 Å². The first-order valence-electron chi connectivity index (χ1n) is 7.41. The van der Waals surface area contributed by atoms with Crippen LogP contribution in [0, 0.1) is 5.92 Å². The Morgan fingerprint density at radius 3 is 2.78 bits per heavy atom. The van der Waals surface area contributed by atoms with Crippen LogP contribution < -0.4 is 5.32 Å². The predicted molar refractivity (Wildman–Crippen MR) is 81.4 cm³/mol. The maximum Gasteiger partial charge on any atom is 0.0115 e. The Bertz CT molecular complexity index is 342. The molecule has 1 fully saturated rings. The zero-order valence-corrected chi connectivity index (χ0v) is 12.9. The van der Waals surface area contributed by atoms with Crippen LogP contribution in [0.15, 0.2) is 17.5 Å². The van der Waals surface area contributed by atoms with Crippen molar-refractivity contribution >= 4 is 11.3 Å². The highest BCUT2D eigenvalue weighted by Gasteiger charge is 2.27. The van der Waals surface area contributed by atoms with Gasteiger partial charge in [-0.2, -0.15) is 0 Å². The predicted octanol–water partition coefficient (Wildman–Crippen LogP) is 4.58. The molecule has 1 aromatic heterocycles. The molecule has 0 radical (unpaired) electrons. The molecule has 0 amide bonds. The molecule has 2 heteroatoms. The second-order valence-corrected chi connectivity index (χ2v) is 7.25. The highest BCUT2D eigenvalue weighted by Crippen LogP contribution is 2.30. The Balaban J connectivity index is 1.90. The van der Waals surface area contributed by atoms with Crippen LogP contribution in [0.3, 0.4) is 0 Å². The van der Waals surface area contributed by atoms with Crippen LogP contribution >= 0.6 is 11.3 Å². The Kier molecular flexibility index (Phi) is 4.85. The Morgan fingerprint density at radius 2 is 2.11 bits per heavy atom. The molecule has 1 nitrogen and oxygen atoms in total. The summed E-state index contributed by atoms with van der Waals surface area (Å²) in [6.07, 6.45) is 6.97. The quantitative estimate of drug-likeness (QED) is 0.821. The number of thiophene rings is 1. The second-order valence-electron chi connectivity index (χ2n) is 6.30. The number of rotatable bonds is 5. The van der Waals surface area contributed by atoms with Crippen LogP contribution in [0.4, 0.5) is 0 Å². The van der Waals surface area contributed by atoms with E-state index in [9.17, 15) is 0 Å². The van der Waals surface area contributed by atoms with Crippen molar-refractivity contribution in [1.29, 1.82) is 0 Å². The fourth-order valence-corrected chi connectivity index (χ4v) is 3.95. The van der Waals surface area contributed by atoms with Gasteiger partial charge in [-0.1, -0.05) is 46.1 Å². The highest BCUT2D eigenvalue weighted by atomic mass is 32.1. The number of nitrogens with one attached hydrogen (secondary N) is 1. The summed E-state index contributed by atoms with van der Waals surface area (Å²) in [7, 11) is 0. The lowest BCUT2D eigenvalue weighted by Crippen LogP contribution is -2.44. The molecule has 1 N–H and O–H groups in total. The van der Waals surface area contributed by atoms with E-state index in [-0.39, 0.29) is 5.41 Å². The average Bonchev–Trinajstić information content (AvgIpc) is 2.91. The Morgan fingerprint density at radius 1 is 1.33 bits per heavy atom. The van der Waals surface area contributed by atoms with Gasteiger partial charge in [-0.15, -0.1) is 11.3 Å². The van der Waals surface area contributed by atoms with Gasteiger partial charge in [0.2, 0.25) is 0 Å². The molecule has 18 heavy (non-hydrogen) atoms. The first-order chi connectivity index (χ1) is 8.63. The summed E-state index contributed by atoms with van der Waals surface area (Å²) in [6.45, 7) is 8.16. The maximum atomic E-state index is 3.86. The summed E-state index contributed by atoms with van der Waals surface area (Å²) in [5.41, 5.74) is 0.268. The molecule has 0 bridgehead atoms. The minimum atomic E-state index is 0.268. The van der Waals surface area contributed by atoms with E-state index in [1.165, 1.54) is 37.0 Å². The van der Waals surface area contributed by atoms with E-state index < -0.39 is 0 Å². The number of hydrogen-bond donors (Lipinski definition) is 1. The molecule has 1 aliphatic rings. The van der Waals surface area contributed by atoms with Crippen LogP contribution in [-0.4, -0.2) is 12.6 Å². The second kappa shape index (κ2) is 6.21. The van der Waals surface area contributed by atoms with Crippen molar-refractivity contribution < 1.29 is 0 Å². The molecule has 1 heterocycles. The van der Waals surface area contributed by atoms with Crippen molar-refractivity contribution in [1.82, 2.24) is 5.32 Å². The standard InChI is InChI=1S/C16H27NS/c1-4-13-8-5-6-9-14(13)17-12-16(2,3)15-10-7-11-18-15/h7,10-11,13-14,17H,4-6,8-9,12H2,1-3H3. The van der Waals surface area contributed by atoms with Gasteiger partial charge in [-0.05, 0) is 30.2 Å². The molecule has 2 rings (SSSR count). The van der Waals surface area contributed by atoms with Crippen LogP contribution in [0.1, 0.15) is 57.8 Å². The first-order valence-corrected chi connectivity index (χ1v) is 8.29. The minimum Gasteiger partial charge on any atom is -0.313 e. The normalized spacial score (nSPS) is 25.3. The van der Waals surface area contributed by atoms with E-state index in [4.69, 9.17) is 0 Å². The summed E-state index contributed by atoms with van der Waals surface area (Å²) in [6, 6.07) is 5.19. The topological polar surface area (TPSA) is 12.0 Å². The van der Waals surface area contributed by atoms with Crippen molar-refractivity contribution in [3.63, 3.8) is 0 Å². The minimum absolute atomic E-state index is 0.268. The molecule has 102 valence electrons. The molecule has 1 saturated carbocycles. The number of hydrogen-bond acceptors (Lipinski definition) is 2. The van der Waals surface area contributed by atoms with Gasteiger partial charge in [0.25, 0.3) is 0 Å². The smallest absolute Gasteiger partial charge is 0.0115 e. The van der Waals surface area contributed by atoms with Gasteiger partial charge in [0.1, 0.15) is 0 Å². The van der Waals surface area contributed by atoms with Crippen LogP contribution in [0.2, 0.25) is 0 Å². The summed E-state index contributed by atoms with van der Waals surface area (Å²) < 4.78 is 0. The average molecular weight is 265 g/mol. The molecular formula is C16H27NS. The SMILES string of the molecule is CCC1CCCCC1NCC(C)(C)c1cccs1. The van der Waals surface area contributed by atoms with E-state index in [1.54, 1.807) is 0 Å². The van der Waals surface area contributed by atoms with Crippen molar-refractivity contribution in [3.05, 3.63) is 22.4 Å². The van der Waals surface area contributed by atoms with E-state index >= 15 is 0 Å². The lowest BCUT2D eigenvalue weighted by molar-refractivity contribution is 0.244. The molecule has 1 aliphatic carbocycles.